The summed E-state index contributed by atoms with van der Waals surface area (Å²) in [6.07, 6.45) is 5.59. The van der Waals surface area contributed by atoms with Crippen LogP contribution in [0.15, 0.2) is 23.1 Å². The number of nitrogens with zero attached hydrogens (tertiary/aromatic N) is 1. The first-order valence-electron chi connectivity index (χ1n) is 6.93. The first-order chi connectivity index (χ1) is 9.13. The zero-order valence-corrected chi connectivity index (χ0v) is 12.9. The minimum absolute atomic E-state index is 0.0547. The summed E-state index contributed by atoms with van der Waals surface area (Å²) in [7, 11) is 0. The van der Waals surface area contributed by atoms with Gasteiger partial charge in [0.1, 0.15) is 0 Å². The van der Waals surface area contributed by atoms with E-state index in [-0.39, 0.29) is 5.91 Å². The third-order valence-electron chi connectivity index (χ3n) is 3.69. The van der Waals surface area contributed by atoms with Crippen LogP contribution in [0.3, 0.4) is 0 Å². The maximum atomic E-state index is 12.7. The van der Waals surface area contributed by atoms with Crippen molar-refractivity contribution < 1.29 is 4.79 Å². The standard InChI is InChI=1S/C15H20ClNOS/c1-2-5-11-6-3-4-9-17(11)15(18)13-10-12(19)7-8-14(13)16/h7-8,10-11,19H,2-6,9H2,1H3. The highest BCUT2D eigenvalue weighted by Gasteiger charge is 2.27. The lowest BCUT2D eigenvalue weighted by atomic mass is 9.97. The van der Waals surface area contributed by atoms with Gasteiger partial charge in [0, 0.05) is 17.5 Å². The lowest BCUT2D eigenvalue weighted by molar-refractivity contribution is 0.0600. The van der Waals surface area contributed by atoms with Crippen molar-refractivity contribution in [1.82, 2.24) is 4.90 Å². The van der Waals surface area contributed by atoms with E-state index in [0.29, 0.717) is 16.6 Å². The van der Waals surface area contributed by atoms with Gasteiger partial charge in [-0.15, -0.1) is 12.6 Å². The van der Waals surface area contributed by atoms with Gasteiger partial charge >= 0.3 is 0 Å². The molecule has 1 aliphatic heterocycles. The normalized spacial score (nSPS) is 19.5. The molecular formula is C15H20ClNOS. The number of thiol groups is 1. The molecule has 0 N–H and O–H groups in total. The average Bonchev–Trinajstić information content (AvgIpc) is 2.42. The van der Waals surface area contributed by atoms with Crippen LogP contribution in [0.25, 0.3) is 0 Å². The van der Waals surface area contributed by atoms with Crippen molar-refractivity contribution in [2.24, 2.45) is 0 Å². The molecule has 1 atom stereocenters. The van der Waals surface area contributed by atoms with Crippen LogP contribution >= 0.6 is 24.2 Å². The lowest BCUT2D eigenvalue weighted by Gasteiger charge is -2.36. The molecule has 1 unspecified atom stereocenters. The van der Waals surface area contributed by atoms with Crippen molar-refractivity contribution in [3.8, 4) is 0 Å². The first-order valence-corrected chi connectivity index (χ1v) is 7.75. The third-order valence-corrected chi connectivity index (χ3v) is 4.30. The van der Waals surface area contributed by atoms with Gasteiger partial charge in [0.2, 0.25) is 0 Å². The Morgan fingerprint density at radius 3 is 3.00 bits per heavy atom. The van der Waals surface area contributed by atoms with Crippen molar-refractivity contribution in [2.45, 2.75) is 50.0 Å². The topological polar surface area (TPSA) is 20.3 Å². The van der Waals surface area contributed by atoms with E-state index in [4.69, 9.17) is 11.6 Å². The van der Waals surface area contributed by atoms with E-state index in [2.05, 4.69) is 19.6 Å². The highest BCUT2D eigenvalue weighted by Crippen LogP contribution is 2.26. The molecular weight excluding hydrogens is 278 g/mol. The largest absolute Gasteiger partial charge is 0.336 e. The molecule has 19 heavy (non-hydrogen) atoms. The molecule has 1 aromatic rings. The molecule has 0 aliphatic carbocycles. The summed E-state index contributed by atoms with van der Waals surface area (Å²) in [4.78, 5) is 15.4. The Morgan fingerprint density at radius 1 is 1.47 bits per heavy atom. The summed E-state index contributed by atoms with van der Waals surface area (Å²) in [5.41, 5.74) is 0.581. The van der Waals surface area contributed by atoms with Gasteiger partial charge in [-0.3, -0.25) is 4.79 Å². The Hall–Kier alpha value is -0.670. The van der Waals surface area contributed by atoms with E-state index in [1.807, 2.05) is 11.0 Å². The second-order valence-electron chi connectivity index (χ2n) is 5.10. The van der Waals surface area contributed by atoms with E-state index in [1.54, 1.807) is 12.1 Å². The van der Waals surface area contributed by atoms with Crippen LogP contribution in [-0.2, 0) is 0 Å². The van der Waals surface area contributed by atoms with Crippen LogP contribution in [0.1, 0.15) is 49.4 Å². The van der Waals surface area contributed by atoms with Crippen LogP contribution in [0.5, 0.6) is 0 Å². The Kier molecular flexibility index (Phi) is 5.17. The lowest BCUT2D eigenvalue weighted by Crippen LogP contribution is -2.43. The Bertz CT molecular complexity index is 461. The van der Waals surface area contributed by atoms with Crippen LogP contribution in [0.4, 0.5) is 0 Å². The van der Waals surface area contributed by atoms with Gasteiger partial charge in [0.05, 0.1) is 10.6 Å². The monoisotopic (exact) mass is 297 g/mol. The minimum Gasteiger partial charge on any atom is -0.336 e. The Morgan fingerprint density at radius 2 is 2.26 bits per heavy atom. The fraction of sp³-hybridized carbons (Fsp3) is 0.533. The van der Waals surface area contributed by atoms with E-state index < -0.39 is 0 Å². The van der Waals surface area contributed by atoms with Gasteiger partial charge in [-0.05, 0) is 43.9 Å². The summed E-state index contributed by atoms with van der Waals surface area (Å²) in [5, 5.41) is 0.517. The van der Waals surface area contributed by atoms with Gasteiger partial charge in [-0.1, -0.05) is 24.9 Å². The van der Waals surface area contributed by atoms with E-state index in [1.165, 1.54) is 6.42 Å². The van der Waals surface area contributed by atoms with Crippen LogP contribution < -0.4 is 0 Å². The number of rotatable bonds is 3. The van der Waals surface area contributed by atoms with E-state index in [0.717, 1.165) is 37.1 Å². The van der Waals surface area contributed by atoms with Crippen molar-refractivity contribution in [2.75, 3.05) is 6.54 Å². The number of benzene rings is 1. The molecule has 0 radical (unpaired) electrons. The Labute approximate surface area is 125 Å². The second-order valence-corrected chi connectivity index (χ2v) is 6.02. The number of carbonyl (C=O) groups excluding carboxylic acids is 1. The molecule has 1 fully saturated rings. The summed E-state index contributed by atoms with van der Waals surface area (Å²) in [6, 6.07) is 5.69. The van der Waals surface area contributed by atoms with Crippen LogP contribution in [-0.4, -0.2) is 23.4 Å². The highest BCUT2D eigenvalue weighted by molar-refractivity contribution is 7.80. The molecule has 104 valence electrons. The smallest absolute Gasteiger partial charge is 0.255 e. The van der Waals surface area contributed by atoms with E-state index >= 15 is 0 Å². The highest BCUT2D eigenvalue weighted by atomic mass is 35.5. The van der Waals surface area contributed by atoms with Gasteiger partial charge in [0.25, 0.3) is 5.91 Å². The quantitative estimate of drug-likeness (QED) is 0.819. The average molecular weight is 298 g/mol. The fourth-order valence-electron chi connectivity index (χ4n) is 2.73. The predicted octanol–water partition coefficient (Wildman–Crippen LogP) is 4.42. The molecule has 0 bridgehead atoms. The molecule has 2 rings (SSSR count). The molecule has 4 heteroatoms. The van der Waals surface area contributed by atoms with Gasteiger partial charge < -0.3 is 4.90 Å². The molecule has 1 aliphatic rings. The number of hydrogen-bond donors (Lipinski definition) is 1. The third kappa shape index (κ3) is 3.46. The van der Waals surface area contributed by atoms with Crippen molar-refractivity contribution in [3.05, 3.63) is 28.8 Å². The number of likely N-dealkylation sites (tertiary alicyclic amines) is 1. The predicted molar refractivity (Wildman–Crippen MR) is 82.3 cm³/mol. The number of hydrogen-bond acceptors (Lipinski definition) is 2. The maximum absolute atomic E-state index is 12.7. The van der Waals surface area contributed by atoms with Gasteiger partial charge in [-0.25, -0.2) is 0 Å². The molecule has 0 aromatic heterocycles. The van der Waals surface area contributed by atoms with Crippen molar-refractivity contribution in [1.29, 1.82) is 0 Å². The fourth-order valence-corrected chi connectivity index (χ4v) is 3.14. The molecule has 1 aromatic carbocycles. The maximum Gasteiger partial charge on any atom is 0.255 e. The minimum atomic E-state index is 0.0547. The summed E-state index contributed by atoms with van der Waals surface area (Å²) < 4.78 is 0. The first kappa shape index (κ1) is 14.7. The molecule has 1 amide bonds. The molecule has 1 saturated heterocycles. The molecule has 1 heterocycles. The van der Waals surface area contributed by atoms with Crippen molar-refractivity contribution >= 4 is 30.1 Å². The number of halogens is 1. The SMILES string of the molecule is CCCC1CCCCN1C(=O)c1cc(S)ccc1Cl. The second kappa shape index (κ2) is 6.67. The Balaban J connectivity index is 2.23. The molecule has 2 nitrogen and oxygen atoms in total. The summed E-state index contributed by atoms with van der Waals surface area (Å²) in [6.45, 7) is 3.01. The summed E-state index contributed by atoms with van der Waals surface area (Å²) >= 11 is 10.4. The zero-order valence-electron chi connectivity index (χ0n) is 11.2. The number of carbonyl (C=O) groups is 1. The van der Waals surface area contributed by atoms with E-state index in [9.17, 15) is 4.79 Å². The van der Waals surface area contributed by atoms with Gasteiger partial charge in [0.15, 0.2) is 0 Å². The zero-order chi connectivity index (χ0) is 13.8. The van der Waals surface area contributed by atoms with Crippen LogP contribution in [0, 0.1) is 0 Å². The molecule has 0 saturated carbocycles. The number of amides is 1. The van der Waals surface area contributed by atoms with Gasteiger partial charge in [-0.2, -0.15) is 0 Å². The molecule has 0 spiro atoms. The summed E-state index contributed by atoms with van der Waals surface area (Å²) in [5.74, 6) is 0.0547. The van der Waals surface area contributed by atoms with Crippen LogP contribution in [0.2, 0.25) is 5.02 Å². The van der Waals surface area contributed by atoms with Crippen molar-refractivity contribution in [3.63, 3.8) is 0 Å². The number of piperidine rings is 1.